The number of aliphatic hydroxyl groups excluding tert-OH is 1. The Kier molecular flexibility index (Phi) is 3.00. The van der Waals surface area contributed by atoms with Gasteiger partial charge >= 0.3 is 5.69 Å². The maximum Gasteiger partial charge on any atom is 0.330 e. The van der Waals surface area contributed by atoms with Crippen LogP contribution in [0.3, 0.4) is 0 Å². The molecule has 0 radical (unpaired) electrons. The van der Waals surface area contributed by atoms with Gasteiger partial charge in [0, 0.05) is 25.1 Å². The molecule has 4 heterocycles. The Balaban J connectivity index is 1.21. The van der Waals surface area contributed by atoms with Gasteiger partial charge < -0.3 is 10.4 Å². The first-order valence-corrected chi connectivity index (χ1v) is 11.6. The molecule has 6 atom stereocenters. The molecule has 0 bridgehead atoms. The Labute approximate surface area is 188 Å². The number of nitrogens with one attached hydrogen (secondary N) is 1. The van der Waals surface area contributed by atoms with Crippen LogP contribution in [0.1, 0.15) is 30.9 Å². The van der Waals surface area contributed by atoms with Gasteiger partial charge in [0.05, 0.1) is 18.1 Å². The van der Waals surface area contributed by atoms with Crippen molar-refractivity contribution in [1.82, 2.24) is 33.7 Å². The molecule has 0 aliphatic heterocycles. The molecule has 4 aromatic heterocycles. The SMILES string of the molecule is Cc1cc2ncnn2cc1Nc1ncc2c(n1)n(C1C3CC4CC5(CO)CC1C435)c(=O)n2C. The van der Waals surface area contributed by atoms with Gasteiger partial charge in [0.1, 0.15) is 11.8 Å². The summed E-state index contributed by atoms with van der Waals surface area (Å²) in [6, 6.07) is 2.13. The lowest BCUT2D eigenvalue weighted by Gasteiger charge is -2.93. The van der Waals surface area contributed by atoms with Crippen LogP contribution in [0, 0.1) is 35.5 Å². The smallest absolute Gasteiger partial charge is 0.330 e. The summed E-state index contributed by atoms with van der Waals surface area (Å²) in [5.41, 5.74) is 4.45. The molecule has 10 nitrogen and oxygen atoms in total. The van der Waals surface area contributed by atoms with Crippen molar-refractivity contribution < 1.29 is 5.11 Å². The molecule has 2 N–H and O–H groups in total. The van der Waals surface area contributed by atoms with E-state index >= 15 is 0 Å². The number of rotatable bonds is 4. The summed E-state index contributed by atoms with van der Waals surface area (Å²) in [6.07, 6.45) is 8.48. The van der Waals surface area contributed by atoms with Crippen molar-refractivity contribution in [2.75, 3.05) is 11.9 Å². The molecular weight excluding hydrogens is 420 g/mol. The third kappa shape index (κ3) is 1.77. The number of anilines is 2. The normalized spacial score (nSPS) is 35.2. The summed E-state index contributed by atoms with van der Waals surface area (Å²) in [4.78, 5) is 26.9. The highest BCUT2D eigenvalue weighted by Gasteiger charge is 2.91. The molecule has 0 aromatic carbocycles. The molecule has 0 saturated heterocycles. The molecule has 4 fully saturated rings. The Hall–Kier alpha value is -3.27. The van der Waals surface area contributed by atoms with Crippen molar-refractivity contribution in [2.24, 2.45) is 35.6 Å². The lowest BCUT2D eigenvalue weighted by atomic mass is 9.12. The minimum Gasteiger partial charge on any atom is -0.396 e. The van der Waals surface area contributed by atoms with Crippen molar-refractivity contribution >= 4 is 28.4 Å². The van der Waals surface area contributed by atoms with Crippen molar-refractivity contribution in [3.05, 3.63) is 40.8 Å². The average molecular weight is 444 g/mol. The van der Waals surface area contributed by atoms with E-state index in [-0.39, 0.29) is 17.1 Å². The molecule has 4 aromatic rings. The Morgan fingerprint density at radius 3 is 2.94 bits per heavy atom. The Bertz CT molecular complexity index is 1560. The van der Waals surface area contributed by atoms with Crippen LogP contribution < -0.4 is 11.0 Å². The van der Waals surface area contributed by atoms with E-state index < -0.39 is 0 Å². The van der Waals surface area contributed by atoms with Gasteiger partial charge in [-0.05, 0) is 61.0 Å². The quantitative estimate of drug-likeness (QED) is 0.493. The van der Waals surface area contributed by atoms with Gasteiger partial charge in [0.15, 0.2) is 11.3 Å². The number of hydrogen-bond acceptors (Lipinski definition) is 7. The number of pyridine rings is 1. The van der Waals surface area contributed by atoms with Gasteiger partial charge in [0.25, 0.3) is 0 Å². The second-order valence-electron chi connectivity index (χ2n) is 10.6. The monoisotopic (exact) mass is 444 g/mol. The van der Waals surface area contributed by atoms with Crippen molar-refractivity contribution in [3.63, 3.8) is 0 Å². The Morgan fingerprint density at radius 1 is 1.27 bits per heavy atom. The molecule has 8 rings (SSSR count). The third-order valence-corrected chi connectivity index (χ3v) is 9.73. The fourth-order valence-corrected chi connectivity index (χ4v) is 8.41. The minimum absolute atomic E-state index is 0.0270. The van der Waals surface area contributed by atoms with Gasteiger partial charge in [-0.3, -0.25) is 9.13 Å². The molecule has 4 aliphatic carbocycles. The van der Waals surface area contributed by atoms with Crippen LogP contribution in [0.25, 0.3) is 16.8 Å². The fourth-order valence-electron chi connectivity index (χ4n) is 8.41. The maximum atomic E-state index is 13.3. The number of fused-ring (bicyclic) bond motifs is 2. The van der Waals surface area contributed by atoms with Crippen LogP contribution in [0.2, 0.25) is 0 Å². The molecule has 33 heavy (non-hydrogen) atoms. The van der Waals surface area contributed by atoms with Crippen LogP contribution >= 0.6 is 0 Å². The number of imidazole rings is 1. The van der Waals surface area contributed by atoms with E-state index in [2.05, 4.69) is 20.4 Å². The zero-order valence-corrected chi connectivity index (χ0v) is 18.4. The first-order valence-electron chi connectivity index (χ1n) is 11.6. The third-order valence-electron chi connectivity index (χ3n) is 9.73. The van der Waals surface area contributed by atoms with Gasteiger partial charge in [0.2, 0.25) is 5.95 Å². The molecule has 4 saturated carbocycles. The molecule has 0 amide bonds. The maximum absolute atomic E-state index is 13.3. The van der Waals surface area contributed by atoms with Gasteiger partial charge in [-0.1, -0.05) is 0 Å². The minimum atomic E-state index is -0.0270. The fraction of sp³-hybridized carbons (Fsp3) is 0.522. The summed E-state index contributed by atoms with van der Waals surface area (Å²) < 4.78 is 5.29. The van der Waals surface area contributed by atoms with Gasteiger partial charge in [-0.25, -0.2) is 19.3 Å². The number of nitrogens with zero attached hydrogens (tertiary/aromatic N) is 7. The number of aliphatic hydroxyl groups is 1. The van der Waals surface area contributed by atoms with Crippen LogP contribution in [-0.4, -0.2) is 45.4 Å². The van der Waals surface area contributed by atoms with Crippen molar-refractivity contribution in [3.8, 4) is 0 Å². The predicted octanol–water partition coefficient (Wildman–Crippen LogP) is 1.80. The summed E-state index contributed by atoms with van der Waals surface area (Å²) in [6.45, 7) is 2.29. The largest absolute Gasteiger partial charge is 0.396 e. The number of aromatic nitrogens is 7. The first-order chi connectivity index (χ1) is 16.0. The summed E-state index contributed by atoms with van der Waals surface area (Å²) in [7, 11) is 1.79. The van der Waals surface area contributed by atoms with E-state index in [1.165, 1.54) is 19.2 Å². The topological polar surface area (TPSA) is 115 Å². The van der Waals surface area contributed by atoms with Crippen LogP contribution in [0.5, 0.6) is 0 Å². The van der Waals surface area contributed by atoms with E-state index in [1.807, 2.05) is 23.8 Å². The van der Waals surface area contributed by atoms with Crippen molar-refractivity contribution in [2.45, 2.75) is 32.2 Å². The average Bonchev–Trinajstić information content (AvgIpc) is 3.30. The predicted molar refractivity (Wildman–Crippen MR) is 119 cm³/mol. The van der Waals surface area contributed by atoms with Crippen molar-refractivity contribution in [1.29, 1.82) is 0 Å². The lowest BCUT2D eigenvalue weighted by Crippen LogP contribution is -2.89. The van der Waals surface area contributed by atoms with Crippen LogP contribution in [-0.2, 0) is 7.05 Å². The van der Waals surface area contributed by atoms with Gasteiger partial charge in [-0.15, -0.1) is 0 Å². The lowest BCUT2D eigenvalue weighted by molar-refractivity contribution is -0.458. The van der Waals surface area contributed by atoms with Crippen LogP contribution in [0.15, 0.2) is 29.6 Å². The molecule has 1 spiro atoms. The highest BCUT2D eigenvalue weighted by molar-refractivity contribution is 5.73. The summed E-state index contributed by atoms with van der Waals surface area (Å²) in [5, 5.41) is 17.6. The zero-order chi connectivity index (χ0) is 22.3. The standard InChI is InChI=1S/C23H24N8O2/c1-11-3-17-25-10-26-30(17)8-15(11)27-20-24-7-16-19(28-20)31(21(33)29(16)2)18-13-4-12-5-22(9-32)6-14(18)23(12,13)22/h3,7-8,10,12-14,18,32H,4-6,9H2,1-2H3,(H,24,27,28). The number of aryl methyl sites for hydroxylation is 2. The van der Waals surface area contributed by atoms with E-state index in [0.29, 0.717) is 35.5 Å². The van der Waals surface area contributed by atoms with E-state index in [0.717, 1.165) is 34.8 Å². The van der Waals surface area contributed by atoms with E-state index in [9.17, 15) is 9.90 Å². The van der Waals surface area contributed by atoms with Gasteiger partial charge in [-0.2, -0.15) is 10.1 Å². The molecular formula is C23H24N8O2. The molecule has 10 heteroatoms. The second kappa shape index (κ2) is 5.44. The first kappa shape index (κ1) is 18.2. The molecule has 4 aliphatic rings. The summed E-state index contributed by atoms with van der Waals surface area (Å²) in [5.74, 6) is 2.16. The van der Waals surface area contributed by atoms with E-state index in [4.69, 9.17) is 4.98 Å². The van der Waals surface area contributed by atoms with Crippen LogP contribution in [0.4, 0.5) is 11.6 Å². The second-order valence-corrected chi connectivity index (χ2v) is 10.6. The number of hydrogen-bond donors (Lipinski definition) is 2. The Morgan fingerprint density at radius 2 is 2.15 bits per heavy atom. The highest BCUT2D eigenvalue weighted by Crippen LogP contribution is 2.95. The highest BCUT2D eigenvalue weighted by atomic mass is 16.3. The van der Waals surface area contributed by atoms with E-state index in [1.54, 1.807) is 22.3 Å². The molecule has 6 unspecified atom stereocenters. The zero-order valence-electron chi connectivity index (χ0n) is 18.4. The molecule has 168 valence electrons. The summed E-state index contributed by atoms with van der Waals surface area (Å²) >= 11 is 0.